The van der Waals surface area contributed by atoms with E-state index >= 15 is 0 Å². The van der Waals surface area contributed by atoms with Crippen molar-refractivity contribution >= 4 is 68.0 Å². The second kappa shape index (κ2) is 15.5. The maximum Gasteiger partial charge on any atom is 0.273 e. The van der Waals surface area contributed by atoms with Gasteiger partial charge in [0.15, 0.2) is 0 Å². The highest BCUT2D eigenvalue weighted by Crippen LogP contribution is 2.36. The molecule has 3 aromatic carbocycles. The number of benzene rings is 3. The number of nitrogens with zero attached hydrogens (tertiary/aromatic N) is 3. The molecule has 0 radical (unpaired) electrons. The molecule has 47 heavy (non-hydrogen) atoms. The zero-order valence-corrected chi connectivity index (χ0v) is 29.1. The summed E-state index contributed by atoms with van der Waals surface area (Å²) in [5.41, 5.74) is 0.120. The van der Waals surface area contributed by atoms with Crippen molar-refractivity contribution in [2.45, 2.75) is 69.5 Å². The lowest BCUT2D eigenvalue weighted by Crippen LogP contribution is -2.53. The third-order valence-corrected chi connectivity index (χ3v) is 10.8. The smallest absolute Gasteiger partial charge is 0.273 e. The molecule has 1 aliphatic carbocycles. The number of carbonyl (C=O) groups excluding carboxylic acids is 2. The maximum atomic E-state index is 14.5. The van der Waals surface area contributed by atoms with E-state index in [0.717, 1.165) is 36.1 Å². The molecule has 0 bridgehead atoms. The number of hydrogen-bond acceptors (Lipinski definition) is 7. The van der Waals surface area contributed by atoms with Gasteiger partial charge in [-0.15, -0.1) is 0 Å². The average molecular weight is 726 g/mol. The Morgan fingerprint density at radius 3 is 2.32 bits per heavy atom. The first-order chi connectivity index (χ1) is 22.3. The van der Waals surface area contributed by atoms with E-state index in [-0.39, 0.29) is 57.0 Å². The third kappa shape index (κ3) is 8.29. The fourth-order valence-electron chi connectivity index (χ4n) is 5.59. The zero-order chi connectivity index (χ0) is 34.5. The number of sulfonamides is 1. The van der Waals surface area contributed by atoms with E-state index in [0.29, 0.717) is 5.56 Å². The van der Waals surface area contributed by atoms with Crippen molar-refractivity contribution in [1.29, 1.82) is 0 Å². The molecular formula is C32H35Cl3N4O7S. The number of aryl methyl sites for hydroxylation is 1. The molecule has 0 aromatic heterocycles. The highest BCUT2D eigenvalue weighted by Gasteiger charge is 2.36. The van der Waals surface area contributed by atoms with Crippen LogP contribution in [0.15, 0.2) is 59.5 Å². The Bertz CT molecular complexity index is 1750. The number of anilines is 1. The predicted molar refractivity (Wildman–Crippen MR) is 182 cm³/mol. The minimum atomic E-state index is -4.68. The maximum absolute atomic E-state index is 14.5. The number of rotatable bonds is 13. The van der Waals surface area contributed by atoms with E-state index in [1.165, 1.54) is 49.3 Å². The van der Waals surface area contributed by atoms with E-state index in [2.05, 4.69) is 5.32 Å². The van der Waals surface area contributed by atoms with Crippen LogP contribution in [0.25, 0.3) is 0 Å². The molecule has 1 N–H and O–H groups in total. The number of methoxy groups -OCH3 is 1. The van der Waals surface area contributed by atoms with Crippen molar-refractivity contribution in [3.8, 4) is 5.75 Å². The summed E-state index contributed by atoms with van der Waals surface area (Å²) in [6, 6.07) is 11.5. The fraction of sp³-hybridized carbons (Fsp3) is 0.375. The van der Waals surface area contributed by atoms with Gasteiger partial charge in [-0.3, -0.25) is 24.0 Å². The van der Waals surface area contributed by atoms with Crippen LogP contribution in [0.4, 0.5) is 11.4 Å². The lowest BCUT2D eigenvalue weighted by Gasteiger charge is -2.34. The zero-order valence-electron chi connectivity index (χ0n) is 26.0. The summed E-state index contributed by atoms with van der Waals surface area (Å²) in [5.74, 6) is -1.08. The lowest BCUT2D eigenvalue weighted by atomic mass is 10.1. The predicted octanol–water partition coefficient (Wildman–Crippen LogP) is 6.93. The number of nitrogens with one attached hydrogen (secondary N) is 1. The molecule has 1 fully saturated rings. The van der Waals surface area contributed by atoms with E-state index < -0.39 is 44.0 Å². The van der Waals surface area contributed by atoms with Gasteiger partial charge in [-0.05, 0) is 62.6 Å². The summed E-state index contributed by atoms with van der Waals surface area (Å²) in [6.07, 6.45) is 3.78. The first-order valence-corrected chi connectivity index (χ1v) is 17.5. The van der Waals surface area contributed by atoms with Crippen LogP contribution < -0.4 is 14.4 Å². The standard InChI is InChI=1S/C32H35Cl3N4O7S/c1-4-27(32(41)36-22-8-5-6-9-22)37(18-24-25(34)10-7-11-26(24)35)31(40)19-38(29-16-21(33)13-15-30(29)46-3)47(44,45)23-14-12-20(2)28(17-23)39(42)43/h7,10-17,22,27H,4-6,8-9,18-19H2,1-3H3,(H,36,41). The van der Waals surface area contributed by atoms with Crippen molar-refractivity contribution in [3.63, 3.8) is 0 Å². The molecule has 0 heterocycles. The summed E-state index contributed by atoms with van der Waals surface area (Å²) < 4.78 is 34.9. The molecule has 0 spiro atoms. The van der Waals surface area contributed by atoms with Gasteiger partial charge in [0.2, 0.25) is 11.8 Å². The van der Waals surface area contributed by atoms with Gasteiger partial charge in [-0.2, -0.15) is 0 Å². The third-order valence-electron chi connectivity index (χ3n) is 8.13. The van der Waals surface area contributed by atoms with Crippen molar-refractivity contribution in [2.24, 2.45) is 0 Å². The van der Waals surface area contributed by atoms with Gasteiger partial charge in [0.05, 0.1) is 22.6 Å². The first kappa shape index (κ1) is 36.3. The summed E-state index contributed by atoms with van der Waals surface area (Å²) in [7, 11) is -3.35. The summed E-state index contributed by atoms with van der Waals surface area (Å²) in [5, 5.41) is 15.4. The molecule has 0 saturated heterocycles. The van der Waals surface area contributed by atoms with Gasteiger partial charge < -0.3 is 15.0 Å². The summed E-state index contributed by atoms with van der Waals surface area (Å²) in [4.78, 5) is 40.0. The molecule has 11 nitrogen and oxygen atoms in total. The molecule has 0 aliphatic heterocycles. The Kier molecular flexibility index (Phi) is 12.0. The summed E-state index contributed by atoms with van der Waals surface area (Å²) >= 11 is 19.3. The molecule has 1 atom stereocenters. The van der Waals surface area contributed by atoms with Gasteiger partial charge >= 0.3 is 0 Å². The van der Waals surface area contributed by atoms with E-state index in [4.69, 9.17) is 39.5 Å². The molecular weight excluding hydrogens is 691 g/mol. The molecule has 1 unspecified atom stereocenters. The number of amides is 2. The van der Waals surface area contributed by atoms with Crippen LogP contribution in [-0.4, -0.2) is 55.8 Å². The van der Waals surface area contributed by atoms with Crippen LogP contribution in [0.5, 0.6) is 5.75 Å². The van der Waals surface area contributed by atoms with Crippen LogP contribution in [-0.2, 0) is 26.2 Å². The second-order valence-electron chi connectivity index (χ2n) is 11.2. The molecule has 1 saturated carbocycles. The van der Waals surface area contributed by atoms with E-state index in [9.17, 15) is 28.1 Å². The van der Waals surface area contributed by atoms with E-state index in [1.54, 1.807) is 25.1 Å². The fourth-order valence-corrected chi connectivity index (χ4v) is 7.71. The van der Waals surface area contributed by atoms with Gasteiger partial charge in [0, 0.05) is 44.8 Å². The van der Waals surface area contributed by atoms with Crippen molar-refractivity contribution in [1.82, 2.24) is 10.2 Å². The molecule has 2 amide bonds. The minimum absolute atomic E-state index is 0.0395. The monoisotopic (exact) mass is 724 g/mol. The Morgan fingerprint density at radius 2 is 1.72 bits per heavy atom. The number of ether oxygens (including phenoxy) is 1. The van der Waals surface area contributed by atoms with Crippen molar-refractivity contribution < 1.29 is 27.7 Å². The molecule has 3 aromatic rings. The van der Waals surface area contributed by atoms with Gasteiger partial charge in [0.1, 0.15) is 18.3 Å². The summed E-state index contributed by atoms with van der Waals surface area (Å²) in [6.45, 7) is 2.20. The van der Waals surface area contributed by atoms with Gasteiger partial charge in [-0.1, -0.05) is 66.7 Å². The minimum Gasteiger partial charge on any atom is -0.495 e. The van der Waals surface area contributed by atoms with Crippen LogP contribution in [0.1, 0.15) is 50.2 Å². The largest absolute Gasteiger partial charge is 0.495 e. The topological polar surface area (TPSA) is 139 Å². The second-order valence-corrected chi connectivity index (χ2v) is 14.3. The molecule has 1 aliphatic rings. The lowest BCUT2D eigenvalue weighted by molar-refractivity contribution is -0.385. The van der Waals surface area contributed by atoms with Crippen molar-refractivity contribution in [3.05, 3.63) is 90.9 Å². The average Bonchev–Trinajstić information content (AvgIpc) is 3.54. The number of carbonyl (C=O) groups is 2. The van der Waals surface area contributed by atoms with Crippen LogP contribution in [0, 0.1) is 17.0 Å². The molecule has 15 heteroatoms. The first-order valence-electron chi connectivity index (χ1n) is 14.9. The Balaban J connectivity index is 1.84. The van der Waals surface area contributed by atoms with Gasteiger partial charge in [-0.25, -0.2) is 8.42 Å². The van der Waals surface area contributed by atoms with Crippen LogP contribution >= 0.6 is 34.8 Å². The Morgan fingerprint density at radius 1 is 1.06 bits per heavy atom. The Hall–Kier alpha value is -3.58. The number of halogens is 3. The van der Waals surface area contributed by atoms with Gasteiger partial charge in [0.25, 0.3) is 15.7 Å². The highest BCUT2D eigenvalue weighted by molar-refractivity contribution is 7.92. The van der Waals surface area contributed by atoms with E-state index in [1.807, 2.05) is 0 Å². The number of hydrogen-bond donors (Lipinski definition) is 1. The van der Waals surface area contributed by atoms with Crippen molar-refractivity contribution in [2.75, 3.05) is 18.0 Å². The number of nitro groups is 1. The van der Waals surface area contributed by atoms with Crippen LogP contribution in [0.3, 0.4) is 0 Å². The highest BCUT2D eigenvalue weighted by atomic mass is 35.5. The SMILES string of the molecule is CCC(C(=O)NC1CCCC1)N(Cc1c(Cl)cccc1Cl)C(=O)CN(c1cc(Cl)ccc1OC)S(=O)(=O)c1ccc(C)c([N+](=O)[O-])c1. The normalized spacial score (nSPS) is 14.0. The molecule has 252 valence electrons. The molecule has 4 rings (SSSR count). The van der Waals surface area contributed by atoms with Crippen LogP contribution in [0.2, 0.25) is 15.1 Å². The quantitative estimate of drug-likeness (QED) is 0.149. The Labute approximate surface area is 288 Å². The number of nitro benzene ring substituents is 1.